The molecule has 0 unspecified atom stereocenters. The van der Waals surface area contributed by atoms with Crippen LogP contribution in [0.3, 0.4) is 0 Å². The first kappa shape index (κ1) is 6.72. The Morgan fingerprint density at radius 3 is 3.00 bits per heavy atom. The predicted octanol–water partition coefficient (Wildman–Crippen LogP) is 0.196. The first-order valence-electron chi connectivity index (χ1n) is 3.45. The molecule has 2 rings (SSSR count). The van der Waals surface area contributed by atoms with Gasteiger partial charge in [0.25, 0.3) is 0 Å². The lowest BCUT2D eigenvalue weighted by atomic mass is 10.4. The van der Waals surface area contributed by atoms with Gasteiger partial charge in [0.15, 0.2) is 0 Å². The molecule has 1 aliphatic heterocycles. The third-order valence-electron chi connectivity index (χ3n) is 1.54. The van der Waals surface area contributed by atoms with Crippen LogP contribution in [0.4, 0.5) is 0 Å². The van der Waals surface area contributed by atoms with Crippen LogP contribution in [0, 0.1) is 6.92 Å². The van der Waals surface area contributed by atoms with Crippen molar-refractivity contribution >= 4 is 17.4 Å². The fourth-order valence-corrected chi connectivity index (χ4v) is 1.64. The van der Waals surface area contributed by atoms with E-state index in [-0.39, 0.29) is 0 Å². The van der Waals surface area contributed by atoms with Crippen LogP contribution in [0.25, 0.3) is 0 Å². The average molecular weight is 168 g/mol. The molecule has 1 aromatic heterocycles. The molecular formula is C6H8N4S. The van der Waals surface area contributed by atoms with E-state index in [0.717, 1.165) is 29.5 Å². The molecule has 0 bridgehead atoms. The molecule has 0 atom stereocenters. The summed E-state index contributed by atoms with van der Waals surface area (Å²) in [5.41, 5.74) is 0.961. The lowest BCUT2D eigenvalue weighted by Crippen LogP contribution is -2.19. The largest absolute Gasteiger partial charge is 0.367 e. The van der Waals surface area contributed by atoms with Gasteiger partial charge < -0.3 is 5.32 Å². The van der Waals surface area contributed by atoms with Gasteiger partial charge in [0, 0.05) is 6.54 Å². The summed E-state index contributed by atoms with van der Waals surface area (Å²) in [5, 5.41) is 7.09. The predicted molar refractivity (Wildman–Crippen MR) is 44.1 cm³/mol. The van der Waals surface area contributed by atoms with E-state index in [9.17, 15) is 0 Å². The maximum atomic E-state index is 4.27. The number of hydrogen-bond donors (Lipinski definition) is 1. The van der Waals surface area contributed by atoms with Gasteiger partial charge >= 0.3 is 0 Å². The highest BCUT2D eigenvalue weighted by molar-refractivity contribution is 7.08. The van der Waals surface area contributed by atoms with Crippen LogP contribution in [0.5, 0.6) is 0 Å². The summed E-state index contributed by atoms with van der Waals surface area (Å²) in [6.07, 6.45) is 0. The van der Waals surface area contributed by atoms with Crippen molar-refractivity contribution in [3.8, 4) is 0 Å². The van der Waals surface area contributed by atoms with Gasteiger partial charge in [-0.2, -0.15) is 0 Å². The summed E-state index contributed by atoms with van der Waals surface area (Å²) in [7, 11) is 0. The quantitative estimate of drug-likeness (QED) is 0.651. The Hall–Kier alpha value is -0.970. The van der Waals surface area contributed by atoms with E-state index in [2.05, 4.69) is 19.9 Å². The van der Waals surface area contributed by atoms with Gasteiger partial charge in [-0.25, -0.2) is 0 Å². The SMILES string of the molecule is Cc1nnsc1C1=NCCN1. The van der Waals surface area contributed by atoms with Gasteiger partial charge in [-0.3, -0.25) is 4.99 Å². The Bertz CT molecular complexity index is 291. The molecule has 1 aliphatic rings. The van der Waals surface area contributed by atoms with E-state index >= 15 is 0 Å². The first-order valence-corrected chi connectivity index (χ1v) is 4.23. The molecule has 0 saturated heterocycles. The van der Waals surface area contributed by atoms with Crippen molar-refractivity contribution in [2.24, 2.45) is 4.99 Å². The standard InChI is InChI=1S/C6H8N4S/c1-4-5(11-10-9-4)6-7-2-3-8-6/h2-3H2,1H3,(H,7,8). The molecule has 5 heteroatoms. The fraction of sp³-hybridized carbons (Fsp3) is 0.500. The Balaban J connectivity index is 2.35. The zero-order chi connectivity index (χ0) is 7.68. The number of nitrogens with one attached hydrogen (secondary N) is 1. The van der Waals surface area contributed by atoms with E-state index in [4.69, 9.17) is 0 Å². The number of rotatable bonds is 1. The highest BCUT2D eigenvalue weighted by atomic mass is 32.1. The van der Waals surface area contributed by atoms with Gasteiger partial charge in [-0.05, 0) is 18.5 Å². The molecule has 0 aromatic carbocycles. The minimum absolute atomic E-state index is 0.868. The maximum absolute atomic E-state index is 4.27. The van der Waals surface area contributed by atoms with E-state index in [0.29, 0.717) is 0 Å². The van der Waals surface area contributed by atoms with E-state index in [1.807, 2.05) is 6.92 Å². The molecule has 0 fully saturated rings. The van der Waals surface area contributed by atoms with Crippen LogP contribution >= 0.6 is 11.5 Å². The van der Waals surface area contributed by atoms with Gasteiger partial charge in [0.2, 0.25) is 0 Å². The molecule has 2 heterocycles. The number of hydrogen-bond acceptors (Lipinski definition) is 5. The van der Waals surface area contributed by atoms with Crippen molar-refractivity contribution in [3.63, 3.8) is 0 Å². The molecule has 1 aromatic rings. The minimum atomic E-state index is 0.868. The van der Waals surface area contributed by atoms with Gasteiger partial charge in [-0.15, -0.1) is 5.10 Å². The second kappa shape index (κ2) is 2.58. The number of amidine groups is 1. The Morgan fingerprint density at radius 1 is 1.55 bits per heavy atom. The van der Waals surface area contributed by atoms with Crippen molar-refractivity contribution in [1.82, 2.24) is 14.9 Å². The van der Waals surface area contributed by atoms with Crippen molar-refractivity contribution in [2.75, 3.05) is 13.1 Å². The topological polar surface area (TPSA) is 50.2 Å². The molecule has 0 amide bonds. The summed E-state index contributed by atoms with van der Waals surface area (Å²) in [5.74, 6) is 0.956. The van der Waals surface area contributed by atoms with Crippen LogP contribution in [-0.2, 0) is 0 Å². The molecule has 0 radical (unpaired) electrons. The molecule has 0 aliphatic carbocycles. The molecule has 0 saturated carbocycles. The van der Waals surface area contributed by atoms with Crippen LogP contribution in [0.15, 0.2) is 4.99 Å². The smallest absolute Gasteiger partial charge is 0.142 e. The molecule has 1 N–H and O–H groups in total. The van der Waals surface area contributed by atoms with Gasteiger partial charge in [-0.1, -0.05) is 4.49 Å². The molecule has 58 valence electrons. The average Bonchev–Trinajstić information content (AvgIpc) is 2.55. The van der Waals surface area contributed by atoms with Crippen molar-refractivity contribution < 1.29 is 0 Å². The lowest BCUT2D eigenvalue weighted by Gasteiger charge is -1.95. The monoisotopic (exact) mass is 168 g/mol. The second-order valence-electron chi connectivity index (χ2n) is 2.34. The number of aliphatic imine (C=N–C) groups is 1. The third kappa shape index (κ3) is 1.11. The normalized spacial score (nSPS) is 16.3. The molecule has 11 heavy (non-hydrogen) atoms. The summed E-state index contributed by atoms with van der Waals surface area (Å²) in [6, 6.07) is 0. The fourth-order valence-electron chi connectivity index (χ4n) is 0.999. The Kier molecular flexibility index (Phi) is 1.58. The van der Waals surface area contributed by atoms with Gasteiger partial charge in [0.05, 0.1) is 12.2 Å². The van der Waals surface area contributed by atoms with Crippen LogP contribution < -0.4 is 5.32 Å². The number of aromatic nitrogens is 2. The summed E-state index contributed by atoms with van der Waals surface area (Å²) >= 11 is 1.39. The van der Waals surface area contributed by atoms with Crippen LogP contribution in [0.2, 0.25) is 0 Å². The zero-order valence-electron chi connectivity index (χ0n) is 6.16. The maximum Gasteiger partial charge on any atom is 0.142 e. The highest BCUT2D eigenvalue weighted by Crippen LogP contribution is 2.10. The Morgan fingerprint density at radius 2 is 2.45 bits per heavy atom. The summed E-state index contributed by atoms with van der Waals surface area (Å²) in [6.45, 7) is 3.75. The molecule has 4 nitrogen and oxygen atoms in total. The van der Waals surface area contributed by atoms with Crippen molar-refractivity contribution in [1.29, 1.82) is 0 Å². The highest BCUT2D eigenvalue weighted by Gasteiger charge is 2.13. The van der Waals surface area contributed by atoms with E-state index in [1.165, 1.54) is 11.5 Å². The summed E-state index contributed by atoms with van der Waals surface area (Å²) in [4.78, 5) is 5.35. The van der Waals surface area contributed by atoms with Gasteiger partial charge in [0.1, 0.15) is 10.7 Å². The van der Waals surface area contributed by atoms with Crippen LogP contribution in [0.1, 0.15) is 10.6 Å². The van der Waals surface area contributed by atoms with Crippen molar-refractivity contribution in [3.05, 3.63) is 10.6 Å². The summed E-state index contributed by atoms with van der Waals surface area (Å²) < 4.78 is 3.84. The van der Waals surface area contributed by atoms with E-state index < -0.39 is 0 Å². The van der Waals surface area contributed by atoms with Crippen LogP contribution in [-0.4, -0.2) is 28.5 Å². The molecular weight excluding hydrogens is 160 g/mol. The van der Waals surface area contributed by atoms with Crippen molar-refractivity contribution in [2.45, 2.75) is 6.92 Å². The lowest BCUT2D eigenvalue weighted by molar-refractivity contribution is 0.960. The molecule has 0 spiro atoms. The van der Waals surface area contributed by atoms with E-state index in [1.54, 1.807) is 0 Å². The number of aryl methyl sites for hydroxylation is 1. The zero-order valence-corrected chi connectivity index (χ0v) is 6.98. The second-order valence-corrected chi connectivity index (χ2v) is 3.10. The third-order valence-corrected chi connectivity index (χ3v) is 2.38. The first-order chi connectivity index (χ1) is 5.38. The Labute approximate surface area is 68.5 Å². The minimum Gasteiger partial charge on any atom is -0.367 e. The number of nitrogens with zero attached hydrogens (tertiary/aromatic N) is 3.